The second-order valence-electron chi connectivity index (χ2n) is 6.54. The maximum Gasteiger partial charge on any atom is 0.241 e. The lowest BCUT2D eigenvalue weighted by atomic mass is 10.2. The number of aliphatic imine (C=N–C) groups is 1. The van der Waals surface area contributed by atoms with Crippen LogP contribution in [0.5, 0.6) is 0 Å². The van der Waals surface area contributed by atoms with Gasteiger partial charge >= 0.3 is 0 Å². The molecule has 0 radical (unpaired) electrons. The Morgan fingerprint density at radius 2 is 1.93 bits per heavy atom. The van der Waals surface area contributed by atoms with Gasteiger partial charge in [0.15, 0.2) is 5.96 Å². The fraction of sp³-hybridized carbons (Fsp3) is 0.389. The van der Waals surface area contributed by atoms with Crippen LogP contribution in [0, 0.1) is 6.92 Å². The molecular formula is C18H26N6O3S2. The van der Waals surface area contributed by atoms with Crippen molar-refractivity contribution in [2.45, 2.75) is 24.8 Å². The van der Waals surface area contributed by atoms with Crippen LogP contribution in [0.4, 0.5) is 0 Å². The first kappa shape index (κ1) is 22.8. The maximum atomic E-state index is 11.9. The van der Waals surface area contributed by atoms with Crippen LogP contribution in [0.15, 0.2) is 40.4 Å². The number of primary sulfonamides is 1. The van der Waals surface area contributed by atoms with Gasteiger partial charge in [-0.25, -0.2) is 23.5 Å². The highest BCUT2D eigenvalue weighted by Crippen LogP contribution is 2.11. The zero-order chi connectivity index (χ0) is 21.4. The van der Waals surface area contributed by atoms with E-state index in [-0.39, 0.29) is 17.3 Å². The third-order valence-electron chi connectivity index (χ3n) is 3.88. The van der Waals surface area contributed by atoms with Gasteiger partial charge in [0, 0.05) is 38.1 Å². The predicted octanol–water partition coefficient (Wildman–Crippen LogP) is 0.465. The molecule has 0 bridgehead atoms. The van der Waals surface area contributed by atoms with Crippen LogP contribution in [-0.2, 0) is 27.8 Å². The normalized spacial score (nSPS) is 11.9. The number of carbonyl (C=O) groups excluding carboxylic acids is 1. The number of amides is 1. The predicted molar refractivity (Wildman–Crippen MR) is 114 cm³/mol. The Bertz CT molecular complexity index is 952. The number of hydrogen-bond donors (Lipinski definition) is 3. The summed E-state index contributed by atoms with van der Waals surface area (Å²) in [5.74, 6) is 0.413. The third-order valence-corrected chi connectivity index (χ3v) is 5.78. The minimum atomic E-state index is -3.72. The average molecular weight is 439 g/mol. The van der Waals surface area contributed by atoms with E-state index >= 15 is 0 Å². The van der Waals surface area contributed by atoms with Gasteiger partial charge in [0.2, 0.25) is 15.9 Å². The van der Waals surface area contributed by atoms with E-state index in [9.17, 15) is 13.2 Å². The number of nitrogens with zero attached hydrogens (tertiary/aromatic N) is 3. The van der Waals surface area contributed by atoms with E-state index < -0.39 is 10.0 Å². The van der Waals surface area contributed by atoms with Crippen molar-refractivity contribution in [3.05, 3.63) is 45.9 Å². The van der Waals surface area contributed by atoms with Crippen molar-refractivity contribution in [1.29, 1.82) is 0 Å². The zero-order valence-electron chi connectivity index (χ0n) is 16.7. The first-order chi connectivity index (χ1) is 13.6. The number of aromatic nitrogens is 1. The molecule has 158 valence electrons. The van der Waals surface area contributed by atoms with Gasteiger partial charge < -0.3 is 15.5 Å². The first-order valence-corrected chi connectivity index (χ1v) is 11.3. The van der Waals surface area contributed by atoms with Crippen LogP contribution in [0.25, 0.3) is 0 Å². The van der Waals surface area contributed by atoms with Crippen LogP contribution in [0.1, 0.15) is 15.4 Å². The van der Waals surface area contributed by atoms with Crippen LogP contribution < -0.4 is 15.8 Å². The van der Waals surface area contributed by atoms with Crippen molar-refractivity contribution in [3.63, 3.8) is 0 Å². The standard InChI is InChI=1S/C18H26N6O3S2/c1-13-10-21-16(28-13)8-9-20-18(23-12-17(25)24(2)3)22-11-14-4-6-15(7-5-14)29(19,26)27/h4-7,10H,8-9,11-12H2,1-3H3,(H2,19,26,27)(H2,20,22,23). The number of benzene rings is 1. The molecule has 2 aromatic rings. The Morgan fingerprint density at radius 1 is 1.24 bits per heavy atom. The number of nitrogens with two attached hydrogens (primary N) is 1. The Kier molecular flexibility index (Phi) is 8.11. The Balaban J connectivity index is 2.00. The molecule has 0 saturated heterocycles. The number of nitrogens with one attached hydrogen (secondary N) is 2. The first-order valence-electron chi connectivity index (χ1n) is 8.90. The number of guanidine groups is 1. The number of aryl methyl sites for hydroxylation is 1. The van der Waals surface area contributed by atoms with E-state index in [4.69, 9.17) is 5.14 Å². The van der Waals surface area contributed by atoms with E-state index in [2.05, 4.69) is 20.6 Å². The van der Waals surface area contributed by atoms with Crippen molar-refractivity contribution in [1.82, 2.24) is 20.5 Å². The van der Waals surface area contributed by atoms with Crippen LogP contribution in [0.3, 0.4) is 0 Å². The van der Waals surface area contributed by atoms with Crippen molar-refractivity contribution >= 4 is 33.2 Å². The topological polar surface area (TPSA) is 130 Å². The number of thiazole rings is 1. The van der Waals surface area contributed by atoms with Crippen LogP contribution >= 0.6 is 11.3 Å². The van der Waals surface area contributed by atoms with Crippen molar-refractivity contribution in [3.8, 4) is 0 Å². The molecule has 0 fully saturated rings. The molecule has 1 heterocycles. The lowest BCUT2D eigenvalue weighted by Crippen LogP contribution is -2.43. The van der Waals surface area contributed by atoms with Gasteiger partial charge in [0.1, 0.15) is 0 Å². The van der Waals surface area contributed by atoms with E-state index in [1.54, 1.807) is 37.6 Å². The molecule has 9 nitrogen and oxygen atoms in total. The number of likely N-dealkylation sites (N-methyl/N-ethyl adjacent to an activating group) is 1. The molecule has 0 aliphatic rings. The molecule has 1 amide bonds. The lowest BCUT2D eigenvalue weighted by Gasteiger charge is -2.14. The highest BCUT2D eigenvalue weighted by molar-refractivity contribution is 7.89. The van der Waals surface area contributed by atoms with Crippen molar-refractivity contribution < 1.29 is 13.2 Å². The summed E-state index contributed by atoms with van der Waals surface area (Å²) in [6, 6.07) is 6.20. The summed E-state index contributed by atoms with van der Waals surface area (Å²) in [5, 5.41) is 12.3. The molecule has 1 aromatic heterocycles. The summed E-state index contributed by atoms with van der Waals surface area (Å²) >= 11 is 1.64. The Labute approximate surface area is 175 Å². The fourth-order valence-electron chi connectivity index (χ4n) is 2.25. The van der Waals surface area contributed by atoms with Gasteiger partial charge in [-0.05, 0) is 24.6 Å². The molecule has 2 rings (SSSR count). The molecule has 1 aromatic carbocycles. The summed E-state index contributed by atoms with van der Waals surface area (Å²) in [4.78, 5) is 23.4. The smallest absolute Gasteiger partial charge is 0.241 e. The largest absolute Gasteiger partial charge is 0.356 e. The SMILES string of the molecule is Cc1cnc(CCNC(=NCc2ccc(S(N)(=O)=O)cc2)NCC(=O)N(C)C)s1. The van der Waals surface area contributed by atoms with E-state index in [0.29, 0.717) is 19.0 Å². The van der Waals surface area contributed by atoms with Gasteiger partial charge in [-0.2, -0.15) is 0 Å². The molecular weight excluding hydrogens is 412 g/mol. The van der Waals surface area contributed by atoms with Gasteiger partial charge in [0.25, 0.3) is 0 Å². The molecule has 29 heavy (non-hydrogen) atoms. The highest BCUT2D eigenvalue weighted by atomic mass is 32.2. The summed E-state index contributed by atoms with van der Waals surface area (Å²) in [6.45, 7) is 3.04. The van der Waals surface area contributed by atoms with E-state index in [1.807, 2.05) is 13.1 Å². The zero-order valence-corrected chi connectivity index (χ0v) is 18.3. The lowest BCUT2D eigenvalue weighted by molar-refractivity contribution is -0.127. The monoisotopic (exact) mass is 438 g/mol. The van der Waals surface area contributed by atoms with Crippen LogP contribution in [0.2, 0.25) is 0 Å². The van der Waals surface area contributed by atoms with Gasteiger partial charge in [-0.1, -0.05) is 12.1 Å². The molecule has 0 unspecified atom stereocenters. The van der Waals surface area contributed by atoms with Crippen molar-refractivity contribution in [2.24, 2.45) is 10.1 Å². The second-order valence-corrected chi connectivity index (χ2v) is 9.42. The quantitative estimate of drug-likeness (QED) is 0.406. The minimum Gasteiger partial charge on any atom is -0.356 e. The van der Waals surface area contributed by atoms with E-state index in [1.165, 1.54) is 17.0 Å². The molecule has 11 heteroatoms. The average Bonchev–Trinajstić information content (AvgIpc) is 3.07. The third kappa shape index (κ3) is 7.80. The maximum absolute atomic E-state index is 11.9. The summed E-state index contributed by atoms with van der Waals surface area (Å²) in [7, 11) is -0.348. The Hall–Kier alpha value is -2.50. The Morgan fingerprint density at radius 3 is 2.48 bits per heavy atom. The number of rotatable bonds is 8. The van der Waals surface area contributed by atoms with Crippen molar-refractivity contribution in [2.75, 3.05) is 27.2 Å². The number of sulfonamides is 1. The van der Waals surface area contributed by atoms with E-state index in [0.717, 1.165) is 21.9 Å². The molecule has 0 saturated carbocycles. The van der Waals surface area contributed by atoms with Gasteiger partial charge in [-0.3, -0.25) is 4.79 Å². The molecule has 0 aliphatic carbocycles. The van der Waals surface area contributed by atoms with Gasteiger partial charge in [0.05, 0.1) is 23.0 Å². The second kappa shape index (κ2) is 10.3. The number of carbonyl (C=O) groups is 1. The summed E-state index contributed by atoms with van der Waals surface area (Å²) in [6.07, 6.45) is 2.58. The van der Waals surface area contributed by atoms with Crippen LogP contribution in [-0.4, -0.2) is 57.4 Å². The molecule has 0 atom stereocenters. The minimum absolute atomic E-state index is 0.0528. The number of hydrogen-bond acceptors (Lipinski definition) is 6. The summed E-state index contributed by atoms with van der Waals surface area (Å²) < 4.78 is 22.7. The fourth-order valence-corrected chi connectivity index (χ4v) is 3.55. The molecule has 4 N–H and O–H groups in total. The highest BCUT2D eigenvalue weighted by Gasteiger charge is 2.08. The molecule has 0 spiro atoms. The molecule has 0 aliphatic heterocycles. The summed E-state index contributed by atoms with van der Waals surface area (Å²) in [5.41, 5.74) is 0.813. The van der Waals surface area contributed by atoms with Gasteiger partial charge in [-0.15, -0.1) is 11.3 Å².